The lowest BCUT2D eigenvalue weighted by Crippen LogP contribution is -2.30. The summed E-state index contributed by atoms with van der Waals surface area (Å²) >= 11 is 6.22. The second-order valence-electron chi connectivity index (χ2n) is 5.46. The van der Waals surface area contributed by atoms with Gasteiger partial charge in [0.15, 0.2) is 0 Å². The zero-order chi connectivity index (χ0) is 14.3. The van der Waals surface area contributed by atoms with Gasteiger partial charge in [0.25, 0.3) is 0 Å². The number of nitrogens with zero attached hydrogens (tertiary/aromatic N) is 2. The quantitative estimate of drug-likeness (QED) is 0.881. The number of para-hydroxylation sites is 1. The number of halogens is 1. The molecule has 3 rings (SSSR count). The predicted octanol–water partition coefficient (Wildman–Crippen LogP) is 2.92. The Morgan fingerprint density at radius 2 is 2.30 bits per heavy atom. The summed E-state index contributed by atoms with van der Waals surface area (Å²) < 4.78 is 1.94. The molecule has 1 aromatic heterocycles. The zero-order valence-corrected chi connectivity index (χ0v) is 12.4. The van der Waals surface area contributed by atoms with Crippen molar-refractivity contribution < 1.29 is 4.79 Å². The van der Waals surface area contributed by atoms with E-state index in [0.717, 1.165) is 35.3 Å². The van der Waals surface area contributed by atoms with E-state index in [4.69, 9.17) is 11.6 Å². The molecule has 1 amide bonds. The second-order valence-corrected chi connectivity index (χ2v) is 6.11. The fourth-order valence-electron chi connectivity index (χ4n) is 2.49. The van der Waals surface area contributed by atoms with Crippen molar-refractivity contribution in [3.8, 4) is 0 Å². The lowest BCUT2D eigenvalue weighted by Gasteiger charge is -2.11. The van der Waals surface area contributed by atoms with Gasteiger partial charge in [-0.05, 0) is 38.3 Å². The minimum absolute atomic E-state index is 0.0358. The predicted molar refractivity (Wildman–Crippen MR) is 79.9 cm³/mol. The van der Waals surface area contributed by atoms with Crippen LogP contribution in [0.1, 0.15) is 36.5 Å². The molecule has 106 valence electrons. The van der Waals surface area contributed by atoms with Gasteiger partial charge in [0.05, 0.1) is 16.4 Å². The van der Waals surface area contributed by atoms with Crippen LogP contribution in [0.5, 0.6) is 0 Å². The van der Waals surface area contributed by atoms with Gasteiger partial charge in [0, 0.05) is 6.04 Å². The van der Waals surface area contributed by atoms with Crippen LogP contribution in [0.2, 0.25) is 0 Å². The van der Waals surface area contributed by atoms with Gasteiger partial charge in [-0.15, -0.1) is 11.6 Å². The van der Waals surface area contributed by atoms with Crippen LogP contribution in [0, 0.1) is 6.92 Å². The fourth-order valence-corrected chi connectivity index (χ4v) is 2.66. The van der Waals surface area contributed by atoms with E-state index in [0.29, 0.717) is 6.04 Å². The average molecular weight is 292 g/mol. The van der Waals surface area contributed by atoms with Crippen molar-refractivity contribution in [2.75, 3.05) is 0 Å². The molecule has 2 aromatic rings. The average Bonchev–Trinajstić information content (AvgIpc) is 3.10. The van der Waals surface area contributed by atoms with Crippen molar-refractivity contribution in [2.24, 2.45) is 0 Å². The van der Waals surface area contributed by atoms with Crippen LogP contribution in [0.3, 0.4) is 0 Å². The standard InChI is InChI=1S/C15H18ClN3O/c1-9-4-3-5-12-14(9)19(15(18-12)10(2)16)8-13(20)17-11-6-7-11/h3-5,10-11H,6-8H2,1-2H3,(H,17,20). The molecule has 0 spiro atoms. The first kappa shape index (κ1) is 13.4. The van der Waals surface area contributed by atoms with E-state index in [1.165, 1.54) is 0 Å². The summed E-state index contributed by atoms with van der Waals surface area (Å²) in [5.41, 5.74) is 3.01. The molecule has 20 heavy (non-hydrogen) atoms. The third-order valence-electron chi connectivity index (χ3n) is 3.60. The Morgan fingerprint density at radius 1 is 1.55 bits per heavy atom. The Hall–Kier alpha value is -1.55. The number of carbonyl (C=O) groups excluding carboxylic acids is 1. The number of hydrogen-bond acceptors (Lipinski definition) is 2. The van der Waals surface area contributed by atoms with Crippen molar-refractivity contribution in [3.63, 3.8) is 0 Å². The number of carbonyl (C=O) groups is 1. The van der Waals surface area contributed by atoms with E-state index in [1.807, 2.05) is 36.6 Å². The molecule has 0 aliphatic heterocycles. The number of imidazole rings is 1. The zero-order valence-electron chi connectivity index (χ0n) is 11.7. The SMILES string of the molecule is Cc1cccc2nc(C(C)Cl)n(CC(=O)NC3CC3)c12. The largest absolute Gasteiger partial charge is 0.352 e. The van der Waals surface area contributed by atoms with E-state index in [9.17, 15) is 4.79 Å². The smallest absolute Gasteiger partial charge is 0.240 e. The maximum Gasteiger partial charge on any atom is 0.240 e. The van der Waals surface area contributed by atoms with Crippen LogP contribution in [0.15, 0.2) is 18.2 Å². The highest BCUT2D eigenvalue weighted by Crippen LogP contribution is 2.26. The third-order valence-corrected chi connectivity index (χ3v) is 3.79. The number of nitrogens with one attached hydrogen (secondary N) is 1. The maximum atomic E-state index is 12.1. The second kappa shape index (κ2) is 5.09. The van der Waals surface area contributed by atoms with E-state index in [2.05, 4.69) is 10.3 Å². The Bertz CT molecular complexity index is 658. The molecule has 1 fully saturated rings. The summed E-state index contributed by atoms with van der Waals surface area (Å²) in [6.45, 7) is 4.19. The number of fused-ring (bicyclic) bond motifs is 1. The lowest BCUT2D eigenvalue weighted by molar-refractivity contribution is -0.121. The summed E-state index contributed by atoms with van der Waals surface area (Å²) in [5, 5.41) is 2.79. The Morgan fingerprint density at radius 3 is 2.95 bits per heavy atom. The molecular weight excluding hydrogens is 274 g/mol. The Kier molecular flexibility index (Phi) is 3.42. The molecule has 1 heterocycles. The summed E-state index contributed by atoms with van der Waals surface area (Å²) in [6, 6.07) is 6.33. The van der Waals surface area contributed by atoms with Gasteiger partial charge in [-0.1, -0.05) is 12.1 Å². The lowest BCUT2D eigenvalue weighted by atomic mass is 10.2. The summed E-state index contributed by atoms with van der Waals surface area (Å²) in [6.07, 6.45) is 2.18. The molecule has 1 unspecified atom stereocenters. The number of benzene rings is 1. The first-order valence-electron chi connectivity index (χ1n) is 6.95. The minimum atomic E-state index is -0.226. The minimum Gasteiger partial charge on any atom is -0.352 e. The van der Waals surface area contributed by atoms with E-state index < -0.39 is 0 Å². The van der Waals surface area contributed by atoms with Gasteiger partial charge < -0.3 is 9.88 Å². The van der Waals surface area contributed by atoms with E-state index in [1.54, 1.807) is 0 Å². The maximum absolute atomic E-state index is 12.1. The van der Waals surface area contributed by atoms with Crippen LogP contribution in [0.4, 0.5) is 0 Å². The molecule has 1 aliphatic rings. The summed E-state index contributed by atoms with van der Waals surface area (Å²) in [4.78, 5) is 16.7. The molecule has 0 bridgehead atoms. The first-order chi connectivity index (χ1) is 9.56. The number of rotatable bonds is 4. The highest BCUT2D eigenvalue weighted by Gasteiger charge is 2.24. The molecular formula is C15H18ClN3O. The molecule has 1 aliphatic carbocycles. The molecule has 1 atom stereocenters. The number of hydrogen-bond donors (Lipinski definition) is 1. The summed E-state index contributed by atoms with van der Waals surface area (Å²) in [5.74, 6) is 0.788. The summed E-state index contributed by atoms with van der Waals surface area (Å²) in [7, 11) is 0. The Labute approximate surface area is 123 Å². The van der Waals surface area contributed by atoms with E-state index in [-0.39, 0.29) is 17.8 Å². The highest BCUT2D eigenvalue weighted by molar-refractivity contribution is 6.20. The van der Waals surface area contributed by atoms with Gasteiger partial charge in [-0.2, -0.15) is 0 Å². The van der Waals surface area contributed by atoms with Crippen LogP contribution in [-0.2, 0) is 11.3 Å². The molecule has 1 N–H and O–H groups in total. The van der Waals surface area contributed by atoms with Gasteiger partial charge >= 0.3 is 0 Å². The van der Waals surface area contributed by atoms with Crippen LogP contribution in [-0.4, -0.2) is 21.5 Å². The monoisotopic (exact) mass is 291 g/mol. The normalized spacial score (nSPS) is 16.4. The van der Waals surface area contributed by atoms with Crippen LogP contribution < -0.4 is 5.32 Å². The van der Waals surface area contributed by atoms with Gasteiger partial charge in [-0.3, -0.25) is 4.79 Å². The molecule has 4 nitrogen and oxygen atoms in total. The van der Waals surface area contributed by atoms with Gasteiger partial charge in [0.1, 0.15) is 12.4 Å². The Balaban J connectivity index is 2.01. The molecule has 0 saturated heterocycles. The van der Waals surface area contributed by atoms with Crippen molar-refractivity contribution in [1.29, 1.82) is 0 Å². The number of aryl methyl sites for hydroxylation is 1. The van der Waals surface area contributed by atoms with Gasteiger partial charge in [-0.25, -0.2) is 4.98 Å². The molecule has 1 saturated carbocycles. The van der Waals surface area contributed by atoms with E-state index >= 15 is 0 Å². The number of amides is 1. The fraction of sp³-hybridized carbons (Fsp3) is 0.467. The van der Waals surface area contributed by atoms with Crippen molar-refractivity contribution in [2.45, 2.75) is 44.7 Å². The van der Waals surface area contributed by atoms with Crippen molar-refractivity contribution in [3.05, 3.63) is 29.6 Å². The van der Waals surface area contributed by atoms with Gasteiger partial charge in [0.2, 0.25) is 5.91 Å². The van der Waals surface area contributed by atoms with Crippen molar-refractivity contribution in [1.82, 2.24) is 14.9 Å². The molecule has 0 radical (unpaired) electrons. The number of aromatic nitrogens is 2. The van der Waals surface area contributed by atoms with Crippen LogP contribution in [0.25, 0.3) is 11.0 Å². The number of alkyl halides is 1. The first-order valence-corrected chi connectivity index (χ1v) is 7.39. The van der Waals surface area contributed by atoms with Crippen molar-refractivity contribution >= 4 is 28.5 Å². The molecule has 1 aromatic carbocycles. The highest BCUT2D eigenvalue weighted by atomic mass is 35.5. The topological polar surface area (TPSA) is 46.9 Å². The molecule has 5 heteroatoms. The van der Waals surface area contributed by atoms with Crippen LogP contribution >= 0.6 is 11.6 Å². The third kappa shape index (κ3) is 2.52.